The summed E-state index contributed by atoms with van der Waals surface area (Å²) in [6.45, 7) is 4.54. The molecule has 40 heavy (non-hydrogen) atoms. The van der Waals surface area contributed by atoms with Crippen molar-refractivity contribution in [1.29, 1.82) is 0 Å². The normalized spacial score (nSPS) is 17.0. The zero-order chi connectivity index (χ0) is 28.6. The van der Waals surface area contributed by atoms with Crippen molar-refractivity contribution < 1.29 is 21.9 Å². The molecule has 0 amide bonds. The van der Waals surface area contributed by atoms with Crippen molar-refractivity contribution >= 4 is 33.0 Å². The molecule has 4 aromatic carbocycles. The molecule has 208 valence electrons. The number of ether oxygens (including phenoxy) is 1. The molecule has 0 unspecified atom stereocenters. The van der Waals surface area contributed by atoms with E-state index in [2.05, 4.69) is 13.8 Å². The number of para-hydroxylation sites is 1. The number of halogens is 3. The largest absolute Gasteiger partial charge is 0.457 e. The zero-order valence-corrected chi connectivity index (χ0v) is 23.9. The third kappa shape index (κ3) is 5.57. The molecule has 5 rings (SSSR count). The van der Waals surface area contributed by atoms with E-state index in [9.17, 15) is 17.2 Å². The molecule has 1 heterocycles. The van der Waals surface area contributed by atoms with Crippen molar-refractivity contribution in [2.24, 2.45) is 5.92 Å². The summed E-state index contributed by atoms with van der Waals surface area (Å²) in [4.78, 5) is 2.08. The quantitative estimate of drug-likeness (QED) is 0.230. The topological polar surface area (TPSA) is 49.9 Å². The first-order chi connectivity index (χ1) is 19.0. The van der Waals surface area contributed by atoms with E-state index in [1.54, 1.807) is 31.3 Å². The summed E-state index contributed by atoms with van der Waals surface area (Å²) >= 11 is 5.88. The molecule has 0 radical (unpaired) electrons. The first-order valence-electron chi connectivity index (χ1n) is 12.9. The van der Waals surface area contributed by atoms with Gasteiger partial charge < -0.3 is 9.64 Å². The average molecular weight is 583 g/mol. The number of hydrogen-bond donors (Lipinski definition) is 0. The molecular weight excluding hydrogens is 554 g/mol. The van der Waals surface area contributed by atoms with E-state index >= 15 is 0 Å². The van der Waals surface area contributed by atoms with Gasteiger partial charge in [0.05, 0.1) is 10.7 Å². The third-order valence-corrected chi connectivity index (χ3v) is 9.25. The highest BCUT2D eigenvalue weighted by atomic mass is 35.5. The van der Waals surface area contributed by atoms with Gasteiger partial charge in [0, 0.05) is 43.0 Å². The van der Waals surface area contributed by atoms with Crippen LogP contribution in [0.2, 0.25) is 5.02 Å². The SMILES string of the molecule is CC(C)C[C@@H]1CN(c2ccccc2)c2cc(Oc3ccc(Cl)c(F)c3)c(-c3ccc(F)cc3)cc2S(=O)(=O)N1C. The van der Waals surface area contributed by atoms with E-state index in [0.29, 0.717) is 29.8 Å². The molecule has 0 saturated heterocycles. The highest BCUT2D eigenvalue weighted by Crippen LogP contribution is 2.45. The Bertz CT molecular complexity index is 1630. The highest BCUT2D eigenvalue weighted by Gasteiger charge is 2.38. The average Bonchev–Trinajstić information content (AvgIpc) is 3.00. The molecule has 0 saturated carbocycles. The minimum Gasteiger partial charge on any atom is -0.457 e. The maximum atomic E-state index is 14.3. The molecule has 1 aliphatic rings. The van der Waals surface area contributed by atoms with Crippen molar-refractivity contribution in [2.75, 3.05) is 18.5 Å². The van der Waals surface area contributed by atoms with Crippen LogP contribution in [0.1, 0.15) is 20.3 Å². The fourth-order valence-corrected chi connectivity index (χ4v) is 6.64. The second-order valence-electron chi connectivity index (χ2n) is 10.3. The highest BCUT2D eigenvalue weighted by molar-refractivity contribution is 7.89. The summed E-state index contributed by atoms with van der Waals surface area (Å²) in [6.07, 6.45) is 0.658. The number of fused-ring (bicyclic) bond motifs is 1. The molecule has 0 spiro atoms. The van der Waals surface area contributed by atoms with Gasteiger partial charge in [-0.1, -0.05) is 55.8 Å². The number of benzene rings is 4. The number of hydrogen-bond acceptors (Lipinski definition) is 4. The Kier molecular flexibility index (Phi) is 7.86. The summed E-state index contributed by atoms with van der Waals surface area (Å²) in [5.74, 6) is -0.352. The van der Waals surface area contributed by atoms with Crippen LogP contribution >= 0.6 is 11.6 Å². The summed E-state index contributed by atoms with van der Waals surface area (Å²) in [5.41, 5.74) is 2.21. The van der Waals surface area contributed by atoms with Crippen LogP contribution in [-0.4, -0.2) is 32.4 Å². The van der Waals surface area contributed by atoms with Gasteiger partial charge in [0.15, 0.2) is 0 Å². The van der Waals surface area contributed by atoms with E-state index < -0.39 is 21.7 Å². The molecule has 1 aliphatic heterocycles. The van der Waals surface area contributed by atoms with Gasteiger partial charge in [-0.15, -0.1) is 0 Å². The predicted molar refractivity (Wildman–Crippen MR) is 155 cm³/mol. The zero-order valence-electron chi connectivity index (χ0n) is 22.3. The summed E-state index contributed by atoms with van der Waals surface area (Å²) in [5, 5.41) is -0.0476. The van der Waals surface area contributed by atoms with E-state index in [0.717, 1.165) is 5.69 Å². The molecule has 0 fully saturated rings. The van der Waals surface area contributed by atoms with Gasteiger partial charge in [-0.2, -0.15) is 4.31 Å². The van der Waals surface area contributed by atoms with E-state index in [1.165, 1.54) is 34.6 Å². The Morgan fingerprint density at radius 3 is 2.33 bits per heavy atom. The van der Waals surface area contributed by atoms with Gasteiger partial charge in [-0.05, 0) is 60.4 Å². The van der Waals surface area contributed by atoms with Gasteiger partial charge in [-0.25, -0.2) is 17.2 Å². The summed E-state index contributed by atoms with van der Waals surface area (Å²) in [7, 11) is -2.34. The van der Waals surface area contributed by atoms with Crippen molar-refractivity contribution in [3.05, 3.63) is 102 Å². The first kappa shape index (κ1) is 28.1. The first-order valence-corrected chi connectivity index (χ1v) is 14.7. The Balaban J connectivity index is 1.77. The van der Waals surface area contributed by atoms with Gasteiger partial charge in [-0.3, -0.25) is 0 Å². The Morgan fingerprint density at radius 2 is 1.68 bits per heavy atom. The third-order valence-electron chi connectivity index (χ3n) is 7.00. The fourth-order valence-electron chi connectivity index (χ4n) is 4.97. The number of likely N-dealkylation sites (N-methyl/N-ethyl adjacent to an activating group) is 1. The predicted octanol–water partition coefficient (Wildman–Crippen LogP) is 8.26. The lowest BCUT2D eigenvalue weighted by atomic mass is 10.0. The Labute approximate surface area is 238 Å². The van der Waals surface area contributed by atoms with Crippen LogP contribution in [-0.2, 0) is 10.0 Å². The summed E-state index contributed by atoms with van der Waals surface area (Å²) < 4.78 is 64.0. The lowest BCUT2D eigenvalue weighted by Gasteiger charge is -2.30. The lowest BCUT2D eigenvalue weighted by Crippen LogP contribution is -2.41. The van der Waals surface area contributed by atoms with Crippen LogP contribution < -0.4 is 9.64 Å². The molecule has 0 bridgehead atoms. The van der Waals surface area contributed by atoms with E-state index in [-0.39, 0.29) is 33.4 Å². The van der Waals surface area contributed by atoms with Crippen molar-refractivity contribution in [3.8, 4) is 22.6 Å². The molecule has 9 heteroatoms. The Hall–Kier alpha value is -3.46. The maximum absolute atomic E-state index is 14.3. The van der Waals surface area contributed by atoms with Crippen molar-refractivity contribution in [2.45, 2.75) is 31.2 Å². The number of rotatable bonds is 6. The van der Waals surface area contributed by atoms with Crippen LogP contribution in [0.25, 0.3) is 11.1 Å². The van der Waals surface area contributed by atoms with Crippen LogP contribution in [0.3, 0.4) is 0 Å². The van der Waals surface area contributed by atoms with Crippen molar-refractivity contribution in [3.63, 3.8) is 0 Å². The molecule has 0 N–H and O–H groups in total. The monoisotopic (exact) mass is 582 g/mol. The number of anilines is 2. The van der Waals surface area contributed by atoms with Gasteiger partial charge >= 0.3 is 0 Å². The molecule has 4 aromatic rings. The van der Waals surface area contributed by atoms with Gasteiger partial charge in [0.25, 0.3) is 0 Å². The minimum atomic E-state index is -3.95. The molecule has 1 atom stereocenters. The molecule has 0 aliphatic carbocycles. The lowest BCUT2D eigenvalue weighted by molar-refractivity contribution is 0.326. The van der Waals surface area contributed by atoms with Crippen LogP contribution in [0, 0.1) is 17.6 Å². The second-order valence-corrected chi connectivity index (χ2v) is 12.6. The molecule has 5 nitrogen and oxygen atoms in total. The van der Waals surface area contributed by atoms with E-state index in [4.69, 9.17) is 16.3 Å². The number of sulfonamides is 1. The standard InChI is InChI=1S/C31H29ClF2N2O3S/c1-20(2)15-24-19-36(23-7-5-4-6-8-23)29-18-30(39-25-13-14-27(32)28(34)16-25)26(21-9-11-22(33)12-10-21)17-31(29)40(37,38)35(24)3/h4-14,16-18,20,24H,15,19H2,1-3H3/t24-/m1/s1. The smallest absolute Gasteiger partial charge is 0.245 e. The summed E-state index contributed by atoms with van der Waals surface area (Å²) in [6, 6.07) is 22.3. The second kappa shape index (κ2) is 11.2. The van der Waals surface area contributed by atoms with Crippen LogP contribution in [0.5, 0.6) is 11.5 Å². The van der Waals surface area contributed by atoms with Gasteiger partial charge in [0.2, 0.25) is 10.0 Å². The number of nitrogens with zero attached hydrogens (tertiary/aromatic N) is 2. The van der Waals surface area contributed by atoms with Crippen LogP contribution in [0.4, 0.5) is 20.2 Å². The minimum absolute atomic E-state index is 0.0476. The molecule has 0 aromatic heterocycles. The molecular formula is C31H29ClF2N2O3S. The van der Waals surface area contributed by atoms with Crippen LogP contribution in [0.15, 0.2) is 89.8 Å². The fraction of sp³-hybridized carbons (Fsp3) is 0.226. The maximum Gasteiger partial charge on any atom is 0.245 e. The van der Waals surface area contributed by atoms with Gasteiger partial charge in [0.1, 0.15) is 28.0 Å². The van der Waals surface area contributed by atoms with Crippen molar-refractivity contribution in [1.82, 2.24) is 4.31 Å². The Morgan fingerprint density at radius 1 is 0.975 bits per heavy atom. The van der Waals surface area contributed by atoms with E-state index in [1.807, 2.05) is 35.2 Å².